The first-order valence-electron chi connectivity index (χ1n) is 5.89. The summed E-state index contributed by atoms with van der Waals surface area (Å²) in [7, 11) is 0. The van der Waals surface area contributed by atoms with Crippen LogP contribution in [0.1, 0.15) is 29.9 Å². The highest BCUT2D eigenvalue weighted by atomic mass is 16.5. The van der Waals surface area contributed by atoms with Gasteiger partial charge in [-0.3, -0.25) is 0 Å². The Kier molecular flexibility index (Phi) is 3.39. The van der Waals surface area contributed by atoms with Gasteiger partial charge in [-0.2, -0.15) is 0 Å². The zero-order chi connectivity index (χ0) is 13.3. The van der Waals surface area contributed by atoms with E-state index in [9.17, 15) is 9.90 Å². The third-order valence-corrected chi connectivity index (χ3v) is 3.03. The second-order valence-corrected chi connectivity index (χ2v) is 4.16. The second-order valence-electron chi connectivity index (χ2n) is 4.16. The third kappa shape index (κ3) is 1.99. The van der Waals surface area contributed by atoms with Crippen molar-refractivity contribution in [3.05, 3.63) is 35.1 Å². The predicted octanol–water partition coefficient (Wildman–Crippen LogP) is 2.65. The summed E-state index contributed by atoms with van der Waals surface area (Å²) in [5.41, 5.74) is 2.13. The molecule has 18 heavy (non-hydrogen) atoms. The molecule has 0 saturated carbocycles. The van der Waals surface area contributed by atoms with Gasteiger partial charge >= 0.3 is 5.97 Å². The van der Waals surface area contributed by atoms with Crippen LogP contribution < -0.4 is 0 Å². The first kappa shape index (κ1) is 12.6. The van der Waals surface area contributed by atoms with Crippen LogP contribution in [0.15, 0.2) is 22.6 Å². The minimum atomic E-state index is -1.27. The second kappa shape index (κ2) is 4.82. The topological polar surface area (TPSA) is 59.7 Å². The van der Waals surface area contributed by atoms with E-state index in [2.05, 4.69) is 0 Å². The van der Waals surface area contributed by atoms with Crippen LogP contribution in [-0.4, -0.2) is 17.7 Å². The number of esters is 1. The van der Waals surface area contributed by atoms with Gasteiger partial charge in [0.05, 0.1) is 6.61 Å². The Labute approximate surface area is 105 Å². The Morgan fingerprint density at radius 1 is 1.44 bits per heavy atom. The summed E-state index contributed by atoms with van der Waals surface area (Å²) in [4.78, 5) is 11.6. The minimum absolute atomic E-state index is 0.245. The fraction of sp³-hybridized carbons (Fsp3) is 0.357. The SMILES string of the molecule is CCOC(=O)C(O)c1cccc2oc(C)c(C)c12. The Hall–Kier alpha value is -1.81. The fourth-order valence-corrected chi connectivity index (χ4v) is 2.03. The number of carbonyl (C=O) groups excluding carboxylic acids is 1. The third-order valence-electron chi connectivity index (χ3n) is 3.03. The lowest BCUT2D eigenvalue weighted by atomic mass is 10.0. The van der Waals surface area contributed by atoms with Crippen molar-refractivity contribution in [3.63, 3.8) is 0 Å². The summed E-state index contributed by atoms with van der Waals surface area (Å²) < 4.78 is 10.4. The van der Waals surface area contributed by atoms with Crippen molar-refractivity contribution in [3.8, 4) is 0 Å². The molecule has 0 radical (unpaired) electrons. The van der Waals surface area contributed by atoms with E-state index in [1.54, 1.807) is 19.1 Å². The van der Waals surface area contributed by atoms with Crippen molar-refractivity contribution >= 4 is 16.9 Å². The Balaban J connectivity index is 2.54. The molecule has 2 rings (SSSR count). The lowest BCUT2D eigenvalue weighted by Gasteiger charge is -2.11. The van der Waals surface area contributed by atoms with E-state index < -0.39 is 12.1 Å². The number of aliphatic hydroxyl groups excluding tert-OH is 1. The highest BCUT2D eigenvalue weighted by Gasteiger charge is 2.23. The first-order valence-corrected chi connectivity index (χ1v) is 5.89. The van der Waals surface area contributed by atoms with Crippen molar-refractivity contribution in [1.29, 1.82) is 0 Å². The van der Waals surface area contributed by atoms with Crippen molar-refractivity contribution in [1.82, 2.24) is 0 Å². The largest absolute Gasteiger partial charge is 0.464 e. The number of aliphatic hydroxyl groups is 1. The smallest absolute Gasteiger partial charge is 0.339 e. The molecular weight excluding hydrogens is 232 g/mol. The Morgan fingerprint density at radius 3 is 2.83 bits per heavy atom. The number of fused-ring (bicyclic) bond motifs is 1. The molecule has 0 amide bonds. The average Bonchev–Trinajstić information content (AvgIpc) is 2.64. The molecule has 1 atom stereocenters. The van der Waals surface area contributed by atoms with Gasteiger partial charge in [-0.1, -0.05) is 12.1 Å². The van der Waals surface area contributed by atoms with Gasteiger partial charge in [0, 0.05) is 10.9 Å². The highest BCUT2D eigenvalue weighted by molar-refractivity contribution is 5.90. The van der Waals surface area contributed by atoms with Gasteiger partial charge in [0.2, 0.25) is 0 Å². The van der Waals surface area contributed by atoms with Gasteiger partial charge in [-0.25, -0.2) is 4.79 Å². The van der Waals surface area contributed by atoms with E-state index >= 15 is 0 Å². The van der Waals surface area contributed by atoms with Crippen molar-refractivity contribution in [2.24, 2.45) is 0 Å². The minimum Gasteiger partial charge on any atom is -0.464 e. The van der Waals surface area contributed by atoms with Crippen molar-refractivity contribution in [2.75, 3.05) is 6.61 Å². The van der Waals surface area contributed by atoms with E-state index in [1.807, 2.05) is 19.9 Å². The van der Waals surface area contributed by atoms with Crippen LogP contribution in [-0.2, 0) is 9.53 Å². The molecule has 1 aromatic heterocycles. The number of hydrogen-bond donors (Lipinski definition) is 1. The lowest BCUT2D eigenvalue weighted by Crippen LogP contribution is -2.15. The standard InChI is InChI=1S/C14H16O4/c1-4-17-14(16)13(15)10-6-5-7-11-12(10)8(2)9(3)18-11/h5-7,13,15H,4H2,1-3H3. The molecule has 0 aliphatic rings. The monoisotopic (exact) mass is 248 g/mol. The number of benzene rings is 1. The molecule has 96 valence electrons. The maximum absolute atomic E-state index is 11.6. The molecular formula is C14H16O4. The van der Waals surface area contributed by atoms with Crippen LogP contribution >= 0.6 is 0 Å². The average molecular weight is 248 g/mol. The summed E-state index contributed by atoms with van der Waals surface area (Å²) >= 11 is 0. The molecule has 1 N–H and O–H groups in total. The van der Waals surface area contributed by atoms with Gasteiger partial charge in [0.15, 0.2) is 6.10 Å². The number of furan rings is 1. The van der Waals surface area contributed by atoms with Crippen LogP contribution in [0, 0.1) is 13.8 Å². The van der Waals surface area contributed by atoms with E-state index in [4.69, 9.17) is 9.15 Å². The maximum atomic E-state index is 11.6. The van der Waals surface area contributed by atoms with Gasteiger partial charge < -0.3 is 14.3 Å². The maximum Gasteiger partial charge on any atom is 0.339 e. The lowest BCUT2D eigenvalue weighted by molar-refractivity contribution is -0.153. The summed E-state index contributed by atoms with van der Waals surface area (Å²) in [5.74, 6) is 0.150. The van der Waals surface area contributed by atoms with Crippen LogP contribution in [0.5, 0.6) is 0 Å². The quantitative estimate of drug-likeness (QED) is 0.848. The van der Waals surface area contributed by atoms with Crippen LogP contribution in [0.2, 0.25) is 0 Å². The van der Waals surface area contributed by atoms with Crippen molar-refractivity contribution < 1.29 is 19.1 Å². The highest BCUT2D eigenvalue weighted by Crippen LogP contribution is 2.31. The predicted molar refractivity (Wildman–Crippen MR) is 67.3 cm³/mol. The van der Waals surface area contributed by atoms with Crippen LogP contribution in [0.3, 0.4) is 0 Å². The number of rotatable bonds is 3. The molecule has 0 aliphatic carbocycles. The van der Waals surface area contributed by atoms with Gasteiger partial charge in [0.1, 0.15) is 11.3 Å². The van der Waals surface area contributed by atoms with E-state index in [-0.39, 0.29) is 6.61 Å². The van der Waals surface area contributed by atoms with Gasteiger partial charge in [0.25, 0.3) is 0 Å². The Morgan fingerprint density at radius 2 is 2.17 bits per heavy atom. The Bertz CT molecular complexity index is 583. The first-order chi connectivity index (χ1) is 8.56. The molecule has 0 saturated heterocycles. The number of hydrogen-bond acceptors (Lipinski definition) is 4. The molecule has 1 aromatic carbocycles. The molecule has 0 bridgehead atoms. The van der Waals surface area contributed by atoms with Crippen LogP contribution in [0.25, 0.3) is 11.0 Å². The zero-order valence-corrected chi connectivity index (χ0v) is 10.7. The van der Waals surface area contributed by atoms with E-state index in [0.717, 1.165) is 16.7 Å². The molecule has 1 unspecified atom stereocenters. The molecule has 1 heterocycles. The van der Waals surface area contributed by atoms with Crippen molar-refractivity contribution in [2.45, 2.75) is 26.9 Å². The molecule has 4 heteroatoms. The van der Waals surface area contributed by atoms with Gasteiger partial charge in [-0.05, 0) is 32.4 Å². The van der Waals surface area contributed by atoms with Gasteiger partial charge in [-0.15, -0.1) is 0 Å². The number of ether oxygens (including phenoxy) is 1. The fourth-order valence-electron chi connectivity index (χ4n) is 2.03. The normalized spacial score (nSPS) is 12.7. The molecule has 0 fully saturated rings. The molecule has 0 spiro atoms. The number of carbonyl (C=O) groups is 1. The number of aryl methyl sites for hydroxylation is 2. The molecule has 4 nitrogen and oxygen atoms in total. The molecule has 2 aromatic rings. The summed E-state index contributed by atoms with van der Waals surface area (Å²) in [6.07, 6.45) is -1.27. The zero-order valence-electron chi connectivity index (χ0n) is 10.7. The van der Waals surface area contributed by atoms with E-state index in [0.29, 0.717) is 11.1 Å². The van der Waals surface area contributed by atoms with E-state index in [1.165, 1.54) is 0 Å². The van der Waals surface area contributed by atoms with Crippen LogP contribution in [0.4, 0.5) is 0 Å². The summed E-state index contributed by atoms with van der Waals surface area (Å²) in [6, 6.07) is 5.28. The summed E-state index contributed by atoms with van der Waals surface area (Å²) in [6.45, 7) is 5.71. The molecule has 0 aliphatic heterocycles. The summed E-state index contributed by atoms with van der Waals surface area (Å²) in [5, 5.41) is 10.8.